The molecule has 19 heavy (non-hydrogen) atoms. The minimum atomic E-state index is -0.937. The molecule has 0 radical (unpaired) electrons. The van der Waals surface area contributed by atoms with Gasteiger partial charge in [-0.25, -0.2) is 4.79 Å². The van der Waals surface area contributed by atoms with Crippen LogP contribution in [-0.4, -0.2) is 37.9 Å². The van der Waals surface area contributed by atoms with Gasteiger partial charge in [0.2, 0.25) is 0 Å². The Morgan fingerprint density at radius 2 is 2.21 bits per heavy atom. The standard InChI is InChI=1S/C15H21NO3/c1-11-9-13(6-8-15(17)18)5-7-14(11)16(3)12(2)10-19-4/h5-9,12H,10H2,1-4H3,(H,17,18)/b8-6+. The number of anilines is 1. The lowest BCUT2D eigenvalue weighted by Gasteiger charge is -2.28. The number of likely N-dealkylation sites (N-methyl/N-ethyl adjacent to an activating group) is 1. The number of ether oxygens (including phenoxy) is 1. The van der Waals surface area contributed by atoms with Crippen LogP contribution in [0.2, 0.25) is 0 Å². The van der Waals surface area contributed by atoms with Crippen LogP contribution in [-0.2, 0) is 9.53 Å². The van der Waals surface area contributed by atoms with Crippen LogP contribution in [0.3, 0.4) is 0 Å². The highest BCUT2D eigenvalue weighted by molar-refractivity contribution is 5.85. The van der Waals surface area contributed by atoms with E-state index >= 15 is 0 Å². The first-order valence-corrected chi connectivity index (χ1v) is 6.19. The highest BCUT2D eigenvalue weighted by atomic mass is 16.5. The molecular formula is C15H21NO3. The third kappa shape index (κ3) is 4.41. The van der Waals surface area contributed by atoms with E-state index in [0.717, 1.165) is 22.9 Å². The van der Waals surface area contributed by atoms with Crippen molar-refractivity contribution in [1.29, 1.82) is 0 Å². The molecule has 0 saturated carbocycles. The van der Waals surface area contributed by atoms with Crippen molar-refractivity contribution in [3.05, 3.63) is 35.4 Å². The molecule has 0 amide bonds. The normalized spacial score (nSPS) is 12.6. The zero-order valence-corrected chi connectivity index (χ0v) is 11.9. The number of hydrogen-bond acceptors (Lipinski definition) is 3. The van der Waals surface area contributed by atoms with Gasteiger partial charge in [0.25, 0.3) is 0 Å². The van der Waals surface area contributed by atoms with Gasteiger partial charge in [-0.3, -0.25) is 0 Å². The Hall–Kier alpha value is -1.81. The number of carbonyl (C=O) groups is 1. The molecule has 1 atom stereocenters. The first-order chi connectivity index (χ1) is 8.95. The topological polar surface area (TPSA) is 49.8 Å². The summed E-state index contributed by atoms with van der Waals surface area (Å²) in [6.45, 7) is 4.78. The summed E-state index contributed by atoms with van der Waals surface area (Å²) in [4.78, 5) is 12.6. The zero-order valence-electron chi connectivity index (χ0n) is 11.9. The monoisotopic (exact) mass is 263 g/mol. The minimum absolute atomic E-state index is 0.282. The van der Waals surface area contributed by atoms with Crippen molar-refractivity contribution in [3.8, 4) is 0 Å². The fourth-order valence-corrected chi connectivity index (χ4v) is 1.94. The summed E-state index contributed by atoms with van der Waals surface area (Å²) in [6, 6.07) is 6.18. The number of hydrogen-bond donors (Lipinski definition) is 1. The summed E-state index contributed by atoms with van der Waals surface area (Å²) in [5, 5.41) is 8.61. The molecule has 0 spiro atoms. The Morgan fingerprint density at radius 1 is 1.53 bits per heavy atom. The molecule has 0 aromatic heterocycles. The molecule has 0 fully saturated rings. The lowest BCUT2D eigenvalue weighted by Crippen LogP contribution is -2.33. The van der Waals surface area contributed by atoms with Crippen LogP contribution < -0.4 is 4.90 Å². The maximum Gasteiger partial charge on any atom is 0.328 e. The first kappa shape index (κ1) is 15.2. The van der Waals surface area contributed by atoms with Crippen LogP contribution in [0.4, 0.5) is 5.69 Å². The van der Waals surface area contributed by atoms with Crippen LogP contribution in [0.15, 0.2) is 24.3 Å². The molecule has 0 saturated heterocycles. The van der Waals surface area contributed by atoms with Gasteiger partial charge in [-0.05, 0) is 43.2 Å². The maximum atomic E-state index is 10.5. The molecule has 1 N–H and O–H groups in total. The molecule has 1 rings (SSSR count). The number of rotatable bonds is 6. The van der Waals surface area contributed by atoms with Gasteiger partial charge in [0.1, 0.15) is 0 Å². The minimum Gasteiger partial charge on any atom is -0.478 e. The number of carboxylic acid groups (broad SMARTS) is 1. The summed E-state index contributed by atoms with van der Waals surface area (Å²) in [5.41, 5.74) is 3.12. The Kier molecular flexibility index (Phi) is 5.57. The van der Waals surface area contributed by atoms with E-state index in [1.807, 2.05) is 32.2 Å². The molecule has 0 aliphatic rings. The quantitative estimate of drug-likeness (QED) is 0.801. The van der Waals surface area contributed by atoms with Gasteiger partial charge in [-0.15, -0.1) is 0 Å². The average molecular weight is 263 g/mol. The summed E-state index contributed by atoms with van der Waals surface area (Å²) in [5.74, 6) is -0.937. The van der Waals surface area contributed by atoms with E-state index in [0.29, 0.717) is 6.61 Å². The number of aryl methyl sites for hydroxylation is 1. The second-order valence-electron chi connectivity index (χ2n) is 4.63. The highest BCUT2D eigenvalue weighted by Crippen LogP contribution is 2.22. The van der Waals surface area contributed by atoms with Crippen molar-refractivity contribution in [3.63, 3.8) is 0 Å². The molecule has 0 aliphatic carbocycles. The molecule has 0 aliphatic heterocycles. The smallest absolute Gasteiger partial charge is 0.328 e. The van der Waals surface area contributed by atoms with E-state index in [2.05, 4.69) is 11.8 Å². The van der Waals surface area contributed by atoms with Gasteiger partial charge in [-0.2, -0.15) is 0 Å². The van der Waals surface area contributed by atoms with Crippen LogP contribution in [0.5, 0.6) is 0 Å². The van der Waals surface area contributed by atoms with Gasteiger partial charge in [0.05, 0.1) is 6.61 Å². The molecule has 0 bridgehead atoms. The molecule has 1 unspecified atom stereocenters. The fraction of sp³-hybridized carbons (Fsp3) is 0.400. The van der Waals surface area contributed by atoms with Gasteiger partial charge in [0, 0.05) is 32.0 Å². The van der Waals surface area contributed by atoms with Gasteiger partial charge < -0.3 is 14.7 Å². The van der Waals surface area contributed by atoms with Crippen molar-refractivity contribution in [2.45, 2.75) is 19.9 Å². The molecule has 104 valence electrons. The zero-order chi connectivity index (χ0) is 14.4. The Bertz CT molecular complexity index is 468. The van der Waals surface area contributed by atoms with E-state index in [1.165, 1.54) is 0 Å². The summed E-state index contributed by atoms with van der Waals surface area (Å²) in [6.07, 6.45) is 2.74. The van der Waals surface area contributed by atoms with Crippen LogP contribution in [0.25, 0.3) is 6.08 Å². The Morgan fingerprint density at radius 3 is 2.74 bits per heavy atom. The van der Waals surface area contributed by atoms with Crippen molar-refractivity contribution in [1.82, 2.24) is 0 Å². The fourth-order valence-electron chi connectivity index (χ4n) is 1.94. The number of benzene rings is 1. The van der Waals surface area contributed by atoms with E-state index in [-0.39, 0.29) is 6.04 Å². The second kappa shape index (κ2) is 6.95. The molecule has 1 aromatic rings. The predicted molar refractivity (Wildman–Crippen MR) is 77.6 cm³/mol. The summed E-state index contributed by atoms with van der Waals surface area (Å²) in [7, 11) is 3.72. The Balaban J connectivity index is 2.91. The number of carboxylic acids is 1. The van der Waals surface area contributed by atoms with Crippen molar-refractivity contribution < 1.29 is 14.6 Å². The summed E-state index contributed by atoms with van der Waals surface area (Å²) >= 11 is 0. The van der Waals surface area contributed by atoms with Crippen LogP contribution in [0.1, 0.15) is 18.1 Å². The largest absolute Gasteiger partial charge is 0.478 e. The van der Waals surface area contributed by atoms with Crippen molar-refractivity contribution >= 4 is 17.7 Å². The molecular weight excluding hydrogens is 242 g/mol. The third-order valence-corrected chi connectivity index (χ3v) is 3.09. The molecule has 4 heteroatoms. The number of nitrogens with zero attached hydrogens (tertiary/aromatic N) is 1. The van der Waals surface area contributed by atoms with Gasteiger partial charge >= 0.3 is 5.97 Å². The molecule has 0 heterocycles. The lowest BCUT2D eigenvalue weighted by atomic mass is 10.1. The molecule has 1 aromatic carbocycles. The summed E-state index contributed by atoms with van der Waals surface area (Å²) < 4.78 is 5.16. The van der Waals surface area contributed by atoms with Gasteiger partial charge in [-0.1, -0.05) is 6.07 Å². The predicted octanol–water partition coefficient (Wildman–Crippen LogP) is 2.56. The van der Waals surface area contributed by atoms with E-state index in [9.17, 15) is 4.79 Å². The van der Waals surface area contributed by atoms with Gasteiger partial charge in [0.15, 0.2) is 0 Å². The van der Waals surface area contributed by atoms with Crippen LogP contribution >= 0.6 is 0 Å². The maximum absolute atomic E-state index is 10.5. The van der Waals surface area contributed by atoms with Crippen molar-refractivity contribution in [2.24, 2.45) is 0 Å². The Labute approximate surface area is 114 Å². The number of methoxy groups -OCH3 is 1. The second-order valence-corrected chi connectivity index (χ2v) is 4.63. The average Bonchev–Trinajstić information content (AvgIpc) is 2.36. The highest BCUT2D eigenvalue weighted by Gasteiger charge is 2.11. The van der Waals surface area contributed by atoms with Crippen molar-refractivity contribution in [2.75, 3.05) is 25.7 Å². The molecule has 4 nitrogen and oxygen atoms in total. The SMILES string of the molecule is COCC(C)N(C)c1ccc(/C=C/C(=O)O)cc1C. The third-order valence-electron chi connectivity index (χ3n) is 3.09. The lowest BCUT2D eigenvalue weighted by molar-refractivity contribution is -0.131. The van der Waals surface area contributed by atoms with E-state index < -0.39 is 5.97 Å². The van der Waals surface area contributed by atoms with E-state index in [4.69, 9.17) is 9.84 Å². The van der Waals surface area contributed by atoms with E-state index in [1.54, 1.807) is 13.2 Å². The van der Waals surface area contributed by atoms with Crippen LogP contribution in [0, 0.1) is 6.92 Å². The first-order valence-electron chi connectivity index (χ1n) is 6.19. The number of aliphatic carboxylic acids is 1.